The molecule has 1 N–H and O–H groups in total. The standard InChI is InChI=1S/C19H23N5O/c1-13(25)20-17-6-4-3-5-16(17)18-9-10-19(22-21-18)24-11-14-7-8-15(12-24)23(14)2/h3-6,9-10,14-15H,7-8,11-12H2,1-2H3,(H,20,25). The van der Waals surface area contributed by atoms with E-state index in [9.17, 15) is 4.79 Å². The van der Waals surface area contributed by atoms with Crippen molar-refractivity contribution in [2.75, 3.05) is 30.4 Å². The number of carbonyl (C=O) groups excluding carboxylic acids is 1. The summed E-state index contributed by atoms with van der Waals surface area (Å²) in [6, 6.07) is 12.9. The number of aromatic nitrogens is 2. The Kier molecular flexibility index (Phi) is 4.13. The number of anilines is 2. The fourth-order valence-corrected chi connectivity index (χ4v) is 3.94. The number of nitrogens with one attached hydrogen (secondary N) is 1. The van der Waals surface area contributed by atoms with Gasteiger partial charge in [0.2, 0.25) is 5.91 Å². The summed E-state index contributed by atoms with van der Waals surface area (Å²) >= 11 is 0. The second-order valence-electron chi connectivity index (χ2n) is 6.96. The highest BCUT2D eigenvalue weighted by Gasteiger charge is 2.37. The summed E-state index contributed by atoms with van der Waals surface area (Å²) in [4.78, 5) is 16.2. The molecule has 6 nitrogen and oxygen atoms in total. The van der Waals surface area contributed by atoms with Crippen LogP contribution in [0.1, 0.15) is 19.8 Å². The van der Waals surface area contributed by atoms with Gasteiger partial charge in [-0.05, 0) is 38.1 Å². The number of fused-ring (bicyclic) bond motifs is 2. The van der Waals surface area contributed by atoms with E-state index in [4.69, 9.17) is 0 Å². The number of hydrogen-bond donors (Lipinski definition) is 1. The maximum absolute atomic E-state index is 11.4. The average molecular weight is 337 g/mol. The summed E-state index contributed by atoms with van der Waals surface area (Å²) in [7, 11) is 2.23. The molecule has 1 amide bonds. The Balaban J connectivity index is 1.56. The van der Waals surface area contributed by atoms with E-state index in [0.29, 0.717) is 12.1 Å². The van der Waals surface area contributed by atoms with Crippen molar-refractivity contribution in [3.63, 3.8) is 0 Å². The van der Waals surface area contributed by atoms with E-state index in [-0.39, 0.29) is 5.91 Å². The highest BCUT2D eigenvalue weighted by molar-refractivity contribution is 5.93. The van der Waals surface area contributed by atoms with Gasteiger partial charge >= 0.3 is 0 Å². The van der Waals surface area contributed by atoms with Crippen LogP contribution >= 0.6 is 0 Å². The molecule has 25 heavy (non-hydrogen) atoms. The van der Waals surface area contributed by atoms with Gasteiger partial charge in [-0.25, -0.2) is 0 Å². The lowest BCUT2D eigenvalue weighted by molar-refractivity contribution is -0.114. The zero-order chi connectivity index (χ0) is 17.4. The lowest BCUT2D eigenvalue weighted by Crippen LogP contribution is -2.52. The molecule has 2 unspecified atom stereocenters. The average Bonchev–Trinajstić information content (AvgIpc) is 2.83. The Hall–Kier alpha value is -2.47. The van der Waals surface area contributed by atoms with Crippen LogP contribution in [0.15, 0.2) is 36.4 Å². The third kappa shape index (κ3) is 3.09. The van der Waals surface area contributed by atoms with E-state index in [1.54, 1.807) is 0 Å². The number of carbonyl (C=O) groups is 1. The molecule has 1 aromatic heterocycles. The second-order valence-corrected chi connectivity index (χ2v) is 6.96. The molecule has 1 aromatic carbocycles. The third-order valence-electron chi connectivity index (χ3n) is 5.34. The molecule has 2 bridgehead atoms. The summed E-state index contributed by atoms with van der Waals surface area (Å²) in [5.74, 6) is 0.843. The number of para-hydroxylation sites is 1. The van der Waals surface area contributed by atoms with Crippen LogP contribution in [0.25, 0.3) is 11.3 Å². The molecule has 6 heteroatoms. The monoisotopic (exact) mass is 337 g/mol. The molecule has 2 aromatic rings. The van der Waals surface area contributed by atoms with Crippen LogP contribution in [0.2, 0.25) is 0 Å². The Morgan fingerprint density at radius 1 is 1.08 bits per heavy atom. The molecule has 0 radical (unpaired) electrons. The zero-order valence-corrected chi connectivity index (χ0v) is 14.6. The maximum Gasteiger partial charge on any atom is 0.221 e. The van der Waals surface area contributed by atoms with Crippen LogP contribution in [0.4, 0.5) is 11.5 Å². The number of amides is 1. The molecule has 0 saturated carbocycles. The van der Waals surface area contributed by atoms with Gasteiger partial charge in [0.1, 0.15) is 0 Å². The number of piperazine rings is 1. The van der Waals surface area contributed by atoms with Crippen LogP contribution in [-0.4, -0.2) is 53.2 Å². The molecule has 0 spiro atoms. The topological polar surface area (TPSA) is 61.4 Å². The first-order chi connectivity index (χ1) is 12.1. The fraction of sp³-hybridized carbons (Fsp3) is 0.421. The number of nitrogens with zero attached hydrogens (tertiary/aromatic N) is 4. The highest BCUT2D eigenvalue weighted by atomic mass is 16.1. The quantitative estimate of drug-likeness (QED) is 0.932. The van der Waals surface area contributed by atoms with Crippen LogP contribution in [0, 0.1) is 0 Å². The second kappa shape index (κ2) is 6.44. The minimum absolute atomic E-state index is 0.0926. The Labute approximate surface area is 147 Å². The molecule has 4 rings (SSSR count). The van der Waals surface area contributed by atoms with Crippen molar-refractivity contribution in [1.29, 1.82) is 0 Å². The van der Waals surface area contributed by atoms with Crippen LogP contribution < -0.4 is 10.2 Å². The van der Waals surface area contributed by atoms with Gasteiger partial charge in [0.25, 0.3) is 0 Å². The summed E-state index contributed by atoms with van der Waals surface area (Å²) < 4.78 is 0. The summed E-state index contributed by atoms with van der Waals surface area (Å²) in [6.45, 7) is 3.54. The van der Waals surface area contributed by atoms with E-state index in [2.05, 4.69) is 32.4 Å². The molecule has 0 aliphatic carbocycles. The first-order valence-corrected chi connectivity index (χ1v) is 8.79. The van der Waals surface area contributed by atoms with Crippen molar-refractivity contribution in [1.82, 2.24) is 15.1 Å². The first kappa shape index (κ1) is 16.0. The number of rotatable bonds is 3. The van der Waals surface area contributed by atoms with E-state index in [1.165, 1.54) is 19.8 Å². The molecular formula is C19H23N5O. The number of likely N-dealkylation sites (N-methyl/N-ethyl adjacent to an activating group) is 1. The zero-order valence-electron chi connectivity index (χ0n) is 14.6. The predicted molar refractivity (Wildman–Crippen MR) is 98.6 cm³/mol. The predicted octanol–water partition coefficient (Wildman–Crippen LogP) is 2.38. The largest absolute Gasteiger partial charge is 0.352 e. The lowest BCUT2D eigenvalue weighted by Gasteiger charge is -2.39. The van der Waals surface area contributed by atoms with Crippen molar-refractivity contribution in [2.45, 2.75) is 31.8 Å². The van der Waals surface area contributed by atoms with E-state index >= 15 is 0 Å². The van der Waals surface area contributed by atoms with Crippen molar-refractivity contribution < 1.29 is 4.79 Å². The van der Waals surface area contributed by atoms with Gasteiger partial charge in [-0.15, -0.1) is 10.2 Å². The highest BCUT2D eigenvalue weighted by Crippen LogP contribution is 2.31. The molecule has 2 atom stereocenters. The van der Waals surface area contributed by atoms with E-state index in [1.807, 2.05) is 36.4 Å². The smallest absolute Gasteiger partial charge is 0.221 e. The molecule has 130 valence electrons. The van der Waals surface area contributed by atoms with Crippen molar-refractivity contribution in [2.24, 2.45) is 0 Å². The van der Waals surface area contributed by atoms with Crippen molar-refractivity contribution in [3.05, 3.63) is 36.4 Å². The summed E-state index contributed by atoms with van der Waals surface area (Å²) in [5, 5.41) is 11.7. The molecule has 3 heterocycles. The Bertz CT molecular complexity index is 762. The molecular weight excluding hydrogens is 314 g/mol. The van der Waals surface area contributed by atoms with Crippen molar-refractivity contribution in [3.8, 4) is 11.3 Å². The summed E-state index contributed by atoms with van der Waals surface area (Å²) in [5.41, 5.74) is 2.41. The Morgan fingerprint density at radius 3 is 2.44 bits per heavy atom. The molecule has 2 saturated heterocycles. The minimum Gasteiger partial charge on any atom is -0.352 e. The normalized spacial score (nSPS) is 22.9. The number of hydrogen-bond acceptors (Lipinski definition) is 5. The molecule has 2 fully saturated rings. The van der Waals surface area contributed by atoms with Gasteiger partial charge < -0.3 is 10.2 Å². The van der Waals surface area contributed by atoms with Gasteiger partial charge in [0.05, 0.1) is 11.4 Å². The number of benzene rings is 1. The van der Waals surface area contributed by atoms with Gasteiger partial charge in [-0.3, -0.25) is 9.69 Å². The van der Waals surface area contributed by atoms with Gasteiger partial charge in [-0.1, -0.05) is 18.2 Å². The van der Waals surface area contributed by atoms with Gasteiger partial charge in [0, 0.05) is 37.7 Å². The van der Waals surface area contributed by atoms with Crippen molar-refractivity contribution >= 4 is 17.4 Å². The SMILES string of the molecule is CC(=O)Nc1ccccc1-c1ccc(N2CC3CCC(C2)N3C)nn1. The minimum atomic E-state index is -0.0926. The molecule has 2 aliphatic rings. The van der Waals surface area contributed by atoms with E-state index in [0.717, 1.165) is 35.9 Å². The van der Waals surface area contributed by atoms with Gasteiger partial charge in [-0.2, -0.15) is 0 Å². The van der Waals surface area contributed by atoms with E-state index < -0.39 is 0 Å². The van der Waals surface area contributed by atoms with Crippen LogP contribution in [-0.2, 0) is 4.79 Å². The molecule has 2 aliphatic heterocycles. The summed E-state index contributed by atoms with van der Waals surface area (Å²) in [6.07, 6.45) is 2.54. The van der Waals surface area contributed by atoms with Gasteiger partial charge in [0.15, 0.2) is 5.82 Å². The fourth-order valence-electron chi connectivity index (χ4n) is 3.94. The maximum atomic E-state index is 11.4. The van der Waals surface area contributed by atoms with Crippen LogP contribution in [0.5, 0.6) is 0 Å². The lowest BCUT2D eigenvalue weighted by atomic mass is 10.1. The third-order valence-corrected chi connectivity index (χ3v) is 5.34. The van der Waals surface area contributed by atoms with Crippen LogP contribution in [0.3, 0.4) is 0 Å². The Morgan fingerprint density at radius 2 is 1.80 bits per heavy atom. The first-order valence-electron chi connectivity index (χ1n) is 8.79.